The van der Waals surface area contributed by atoms with Gasteiger partial charge in [0.25, 0.3) is 0 Å². The van der Waals surface area contributed by atoms with Gasteiger partial charge in [0.2, 0.25) is 0 Å². The second kappa shape index (κ2) is 5.87. The molecule has 5 unspecified atom stereocenters. The maximum Gasteiger partial charge on any atom is 0.311 e. The van der Waals surface area contributed by atoms with Crippen molar-refractivity contribution in [1.29, 1.82) is 0 Å². The third kappa shape index (κ3) is 2.67. The molecule has 0 aromatic carbocycles. The maximum absolute atomic E-state index is 12.8. The largest absolute Gasteiger partial charge is 0.456 e. The molecule has 0 N–H and O–H groups in total. The highest BCUT2D eigenvalue weighted by atomic mass is 16.6. The average Bonchev–Trinajstić information content (AvgIpc) is 3.14. The first-order chi connectivity index (χ1) is 11.5. The van der Waals surface area contributed by atoms with E-state index in [9.17, 15) is 9.59 Å². The number of ether oxygens (including phenoxy) is 2. The fourth-order valence-electron chi connectivity index (χ4n) is 4.85. The molecule has 0 radical (unpaired) electrons. The quantitative estimate of drug-likeness (QED) is 0.572. The van der Waals surface area contributed by atoms with E-state index in [4.69, 9.17) is 9.47 Å². The van der Waals surface area contributed by atoms with Crippen molar-refractivity contribution in [2.24, 2.45) is 23.7 Å². The van der Waals surface area contributed by atoms with E-state index in [2.05, 4.69) is 17.1 Å². The van der Waals surface area contributed by atoms with Crippen LogP contribution in [-0.4, -0.2) is 48.2 Å². The predicted octanol–water partition coefficient (Wildman–Crippen LogP) is 2.16. The maximum atomic E-state index is 12.8. The van der Waals surface area contributed by atoms with E-state index in [0.29, 0.717) is 6.54 Å². The monoisotopic (exact) mass is 333 g/mol. The van der Waals surface area contributed by atoms with Gasteiger partial charge in [-0.05, 0) is 58.0 Å². The van der Waals surface area contributed by atoms with Gasteiger partial charge in [0.1, 0.15) is 5.60 Å². The number of fused-ring (bicyclic) bond motifs is 5. The molecule has 0 spiro atoms. The fraction of sp³-hybridized carbons (Fsp3) is 0.789. The Balaban J connectivity index is 1.56. The van der Waals surface area contributed by atoms with Crippen LogP contribution in [0.3, 0.4) is 0 Å². The molecule has 5 atom stereocenters. The Kier molecular flexibility index (Phi) is 3.94. The standard InChI is InChI=1S/C19H27NO4/c1-19(2)14(11-20-8-4-3-5-9-20)23-17(21)15-12-6-7-13(10-12)16(15)18(22)24-19/h6-7,12-16H,3-5,8-11H2,1-2H3. The van der Waals surface area contributed by atoms with Crippen LogP contribution in [0.5, 0.6) is 0 Å². The number of rotatable bonds is 2. The van der Waals surface area contributed by atoms with Crippen LogP contribution in [0, 0.1) is 23.7 Å². The molecule has 0 aromatic heterocycles. The summed E-state index contributed by atoms with van der Waals surface area (Å²) >= 11 is 0. The molecule has 2 saturated heterocycles. The van der Waals surface area contributed by atoms with Crippen LogP contribution < -0.4 is 0 Å². The second-order valence-electron chi connectivity index (χ2n) is 8.31. The number of cyclic esters (lactones) is 2. The normalized spacial score (nSPS) is 41.3. The lowest BCUT2D eigenvalue weighted by Crippen LogP contribution is -2.55. The highest BCUT2D eigenvalue weighted by Gasteiger charge is 2.56. The average molecular weight is 333 g/mol. The van der Waals surface area contributed by atoms with Crippen molar-refractivity contribution in [2.45, 2.75) is 51.2 Å². The Hall–Kier alpha value is -1.36. The first-order valence-corrected chi connectivity index (χ1v) is 9.30. The summed E-state index contributed by atoms with van der Waals surface area (Å²) < 4.78 is 11.8. The predicted molar refractivity (Wildman–Crippen MR) is 88.1 cm³/mol. The minimum atomic E-state index is -0.791. The summed E-state index contributed by atoms with van der Waals surface area (Å²) in [5.41, 5.74) is -0.791. The summed E-state index contributed by atoms with van der Waals surface area (Å²) in [5, 5.41) is 0. The molecule has 4 rings (SSSR count). The van der Waals surface area contributed by atoms with Gasteiger partial charge in [-0.15, -0.1) is 0 Å². The smallest absolute Gasteiger partial charge is 0.311 e. The molecule has 0 amide bonds. The molecule has 2 bridgehead atoms. The Morgan fingerprint density at radius 3 is 2.33 bits per heavy atom. The van der Waals surface area contributed by atoms with Crippen LogP contribution in [0.1, 0.15) is 39.5 Å². The number of piperidine rings is 1. The summed E-state index contributed by atoms with van der Waals surface area (Å²) in [6.45, 7) is 6.44. The Labute approximate surface area is 143 Å². The third-order valence-electron chi connectivity index (χ3n) is 6.27. The van der Waals surface area contributed by atoms with Crippen LogP contribution in [0.15, 0.2) is 12.2 Å². The van der Waals surface area contributed by atoms with Crippen molar-refractivity contribution >= 4 is 11.9 Å². The lowest BCUT2D eigenvalue weighted by molar-refractivity contribution is -0.201. The minimum absolute atomic E-state index is 0.134. The van der Waals surface area contributed by atoms with E-state index in [1.54, 1.807) is 0 Å². The molecule has 2 heterocycles. The summed E-state index contributed by atoms with van der Waals surface area (Å²) in [4.78, 5) is 27.9. The number of hydrogen-bond acceptors (Lipinski definition) is 5. The van der Waals surface area contributed by atoms with Crippen molar-refractivity contribution in [2.75, 3.05) is 19.6 Å². The summed E-state index contributed by atoms with van der Waals surface area (Å²) in [6.07, 6.45) is 8.23. The molecule has 1 saturated carbocycles. The van der Waals surface area contributed by atoms with Crippen LogP contribution in [0.4, 0.5) is 0 Å². The van der Waals surface area contributed by atoms with E-state index in [-0.39, 0.29) is 35.6 Å². The molecule has 132 valence electrons. The summed E-state index contributed by atoms with van der Waals surface area (Å²) in [6, 6.07) is 0. The number of nitrogens with zero attached hydrogens (tertiary/aromatic N) is 1. The Bertz CT molecular complexity index is 564. The van der Waals surface area contributed by atoms with Crippen molar-refractivity contribution in [3.8, 4) is 0 Å². The molecule has 2 aliphatic carbocycles. The number of carbonyl (C=O) groups excluding carboxylic acids is 2. The lowest BCUT2D eigenvalue weighted by atomic mass is 9.82. The van der Waals surface area contributed by atoms with Crippen LogP contribution in [0.25, 0.3) is 0 Å². The minimum Gasteiger partial charge on any atom is -0.456 e. The first kappa shape index (κ1) is 16.1. The zero-order valence-electron chi connectivity index (χ0n) is 14.6. The van der Waals surface area contributed by atoms with Gasteiger partial charge in [-0.2, -0.15) is 0 Å². The molecular weight excluding hydrogens is 306 g/mol. The van der Waals surface area contributed by atoms with Gasteiger partial charge < -0.3 is 9.47 Å². The molecular formula is C19H27NO4. The van der Waals surface area contributed by atoms with Crippen molar-refractivity contribution in [3.05, 3.63) is 12.2 Å². The molecule has 3 fully saturated rings. The Morgan fingerprint density at radius 1 is 1.04 bits per heavy atom. The second-order valence-corrected chi connectivity index (χ2v) is 8.31. The highest BCUT2D eigenvalue weighted by molar-refractivity contribution is 5.85. The van der Waals surface area contributed by atoms with Gasteiger partial charge in [-0.1, -0.05) is 18.6 Å². The number of carbonyl (C=O) groups is 2. The SMILES string of the molecule is CC1(C)OC(=O)C2C3C=CC(C3)C2C(=O)OC1CN1CCCCC1. The lowest BCUT2D eigenvalue weighted by Gasteiger charge is -2.41. The fourth-order valence-corrected chi connectivity index (χ4v) is 4.85. The number of allylic oxidation sites excluding steroid dienone is 2. The number of likely N-dealkylation sites (tertiary alicyclic amines) is 1. The van der Waals surface area contributed by atoms with Crippen LogP contribution in [0.2, 0.25) is 0 Å². The van der Waals surface area contributed by atoms with Crippen molar-refractivity contribution in [3.63, 3.8) is 0 Å². The van der Waals surface area contributed by atoms with Crippen molar-refractivity contribution in [1.82, 2.24) is 4.90 Å². The topological polar surface area (TPSA) is 55.8 Å². The number of esters is 2. The van der Waals surface area contributed by atoms with E-state index >= 15 is 0 Å². The molecule has 0 aromatic rings. The molecule has 5 nitrogen and oxygen atoms in total. The van der Waals surface area contributed by atoms with Gasteiger partial charge in [-0.3, -0.25) is 14.5 Å². The van der Waals surface area contributed by atoms with E-state index in [1.807, 2.05) is 13.8 Å². The van der Waals surface area contributed by atoms with Gasteiger partial charge in [0.05, 0.1) is 11.8 Å². The van der Waals surface area contributed by atoms with Gasteiger partial charge in [0, 0.05) is 6.54 Å². The summed E-state index contributed by atoms with van der Waals surface area (Å²) in [5.74, 6) is -0.868. The molecule has 24 heavy (non-hydrogen) atoms. The Morgan fingerprint density at radius 2 is 1.67 bits per heavy atom. The molecule has 4 aliphatic rings. The van der Waals surface area contributed by atoms with E-state index < -0.39 is 11.7 Å². The van der Waals surface area contributed by atoms with E-state index in [0.717, 1.165) is 19.5 Å². The van der Waals surface area contributed by atoms with Crippen molar-refractivity contribution < 1.29 is 19.1 Å². The van der Waals surface area contributed by atoms with Crippen LogP contribution in [-0.2, 0) is 19.1 Å². The highest BCUT2D eigenvalue weighted by Crippen LogP contribution is 2.50. The molecule has 5 heteroatoms. The number of hydrogen-bond donors (Lipinski definition) is 0. The van der Waals surface area contributed by atoms with Gasteiger partial charge in [-0.25, -0.2) is 0 Å². The zero-order valence-corrected chi connectivity index (χ0v) is 14.6. The van der Waals surface area contributed by atoms with Crippen LogP contribution >= 0.6 is 0 Å². The van der Waals surface area contributed by atoms with E-state index in [1.165, 1.54) is 19.3 Å². The first-order valence-electron chi connectivity index (χ1n) is 9.30. The van der Waals surface area contributed by atoms with Gasteiger partial charge >= 0.3 is 11.9 Å². The summed E-state index contributed by atoms with van der Waals surface area (Å²) in [7, 11) is 0. The zero-order chi connectivity index (χ0) is 16.9. The van der Waals surface area contributed by atoms with Gasteiger partial charge in [0.15, 0.2) is 6.10 Å². The third-order valence-corrected chi connectivity index (χ3v) is 6.27. The molecule has 2 aliphatic heterocycles.